The molecule has 0 bridgehead atoms. The smallest absolute Gasteiger partial charge is 0.458 e. The standard InChI is InChI=1S/C40H55F2N6O12P/c1-5-6-7-8-12-33(49)44-29(17-25-15-26(41)18-27(42)16-25)35(50)45-34-24(4)59-40(55)32-14-22(2)20-47(32)37(52)23(3)43-36(51)30-11-9-10-13-46(30)38(53)31-19-28(60-61(56,57)58)21-48(31)39(34)54/h8,12,15-16,18,22-24,28-32,34H,5-7,9-11,13-14,17,19-21H2,1-4H3,(H,43,51)(H,44,49)(H,45,50)(H2,56,57,58)/b12-8+/t22-,23+,24+,28-,29+,30+,31+,32+,34+/m1/s1. The highest BCUT2D eigenvalue weighted by Gasteiger charge is 2.50. The van der Waals surface area contributed by atoms with Gasteiger partial charge >= 0.3 is 13.8 Å². The van der Waals surface area contributed by atoms with Crippen molar-refractivity contribution < 1.29 is 66.0 Å². The van der Waals surface area contributed by atoms with Crippen LogP contribution in [0.1, 0.15) is 84.6 Å². The minimum absolute atomic E-state index is 0.0335. The predicted molar refractivity (Wildman–Crippen MR) is 211 cm³/mol. The molecule has 336 valence electrons. The molecular formula is C40H55F2N6O12P. The number of rotatable bonds is 11. The van der Waals surface area contributed by atoms with Gasteiger partial charge in [-0.3, -0.25) is 33.3 Å². The van der Waals surface area contributed by atoms with Gasteiger partial charge in [-0.2, -0.15) is 0 Å². The molecule has 0 spiro atoms. The molecule has 4 fully saturated rings. The van der Waals surface area contributed by atoms with Crippen LogP contribution < -0.4 is 16.0 Å². The molecule has 1 aromatic rings. The molecule has 4 saturated heterocycles. The molecule has 0 unspecified atom stereocenters. The van der Waals surface area contributed by atoms with Crippen molar-refractivity contribution in [1.82, 2.24) is 30.7 Å². The zero-order valence-electron chi connectivity index (χ0n) is 34.6. The molecule has 5 N–H and O–H groups in total. The second-order valence-electron chi connectivity index (χ2n) is 16.3. The highest BCUT2D eigenvalue weighted by Crippen LogP contribution is 2.41. The molecule has 21 heteroatoms. The van der Waals surface area contributed by atoms with E-state index in [0.717, 1.165) is 29.9 Å². The highest BCUT2D eigenvalue weighted by molar-refractivity contribution is 7.46. The van der Waals surface area contributed by atoms with E-state index in [-0.39, 0.29) is 37.4 Å². The fraction of sp³-hybridized carbons (Fsp3) is 0.625. The van der Waals surface area contributed by atoms with Gasteiger partial charge < -0.3 is 45.2 Å². The van der Waals surface area contributed by atoms with E-state index in [1.54, 1.807) is 6.08 Å². The maximum atomic E-state index is 14.9. The second kappa shape index (κ2) is 20.4. The summed E-state index contributed by atoms with van der Waals surface area (Å²) >= 11 is 0. The number of hydrogen-bond acceptors (Lipinski definition) is 10. The van der Waals surface area contributed by atoms with E-state index in [1.807, 2.05) is 13.8 Å². The molecule has 4 aliphatic heterocycles. The lowest BCUT2D eigenvalue weighted by Crippen LogP contribution is -2.63. The summed E-state index contributed by atoms with van der Waals surface area (Å²) in [6, 6.07) is -5.79. The number of halogens is 2. The molecule has 6 amide bonds. The third-order valence-corrected chi connectivity index (χ3v) is 11.9. The fourth-order valence-corrected chi connectivity index (χ4v) is 8.93. The molecule has 9 atom stereocenters. The Morgan fingerprint density at radius 1 is 0.951 bits per heavy atom. The van der Waals surface area contributed by atoms with Crippen molar-refractivity contribution in [2.45, 2.75) is 134 Å². The predicted octanol–water partition coefficient (Wildman–Crippen LogP) is 1.37. The van der Waals surface area contributed by atoms with Crippen LogP contribution in [0.5, 0.6) is 0 Å². The number of nitrogens with zero attached hydrogens (tertiary/aromatic N) is 3. The second-order valence-corrected chi connectivity index (χ2v) is 17.5. The van der Waals surface area contributed by atoms with Gasteiger partial charge in [0.15, 0.2) is 0 Å². The zero-order valence-corrected chi connectivity index (χ0v) is 35.5. The molecule has 5 rings (SSSR count). The number of carbonyl (C=O) groups excluding carboxylic acids is 7. The van der Waals surface area contributed by atoms with E-state index in [9.17, 15) is 56.7 Å². The Bertz CT molecular complexity index is 1910. The Hall–Kier alpha value is -4.78. The number of nitrogens with one attached hydrogen (secondary N) is 3. The highest BCUT2D eigenvalue weighted by atomic mass is 31.2. The van der Waals surface area contributed by atoms with E-state index < -0.39 is 129 Å². The summed E-state index contributed by atoms with van der Waals surface area (Å²) in [4.78, 5) is 121. The summed E-state index contributed by atoms with van der Waals surface area (Å²) in [6.07, 6.45) is 2.43. The number of benzene rings is 1. The van der Waals surface area contributed by atoms with Gasteiger partial charge in [-0.25, -0.2) is 18.1 Å². The summed E-state index contributed by atoms with van der Waals surface area (Å²) in [6.45, 7) is 6.11. The van der Waals surface area contributed by atoms with Crippen LogP contribution in [-0.2, 0) is 53.8 Å². The average molecular weight is 881 g/mol. The van der Waals surface area contributed by atoms with Gasteiger partial charge in [0.05, 0.1) is 6.10 Å². The zero-order chi connectivity index (χ0) is 44.8. The Kier molecular flexibility index (Phi) is 15.8. The van der Waals surface area contributed by atoms with Crippen LogP contribution in [0.4, 0.5) is 8.78 Å². The number of unbranched alkanes of at least 4 members (excludes halogenated alkanes) is 2. The largest absolute Gasteiger partial charge is 0.469 e. The van der Waals surface area contributed by atoms with Crippen molar-refractivity contribution in [2.75, 3.05) is 19.6 Å². The first-order valence-corrected chi connectivity index (χ1v) is 22.2. The Labute approximate surface area is 352 Å². The number of ether oxygens (including phenoxy) is 1. The SMILES string of the molecule is CCCC/C=C/C(=O)N[C@@H](Cc1cc(F)cc(F)c1)C(=O)N[C@@H]1C(=O)N2C[C@H](OP(=O)(O)O)C[C@H]2C(=O)N2CCCC[C@H]2C(=O)N[C@@H](C)C(=O)N2C[C@H](C)C[C@H]2C(=O)O[C@H]1C. The lowest BCUT2D eigenvalue weighted by atomic mass is 9.98. The molecule has 0 saturated carbocycles. The van der Waals surface area contributed by atoms with Crippen molar-refractivity contribution in [3.63, 3.8) is 0 Å². The third kappa shape index (κ3) is 12.2. The van der Waals surface area contributed by atoms with Crippen LogP contribution in [-0.4, -0.2) is 134 Å². The molecule has 4 heterocycles. The fourth-order valence-electron chi connectivity index (χ4n) is 8.39. The quantitative estimate of drug-likeness (QED) is 0.0917. The molecule has 0 radical (unpaired) electrons. The molecule has 0 aliphatic carbocycles. The average Bonchev–Trinajstić information content (AvgIpc) is 3.79. The first-order chi connectivity index (χ1) is 28.8. The van der Waals surface area contributed by atoms with Gasteiger partial charge in [0.1, 0.15) is 54.0 Å². The molecule has 4 aliphatic rings. The summed E-state index contributed by atoms with van der Waals surface area (Å²) in [7, 11) is -5.19. The van der Waals surface area contributed by atoms with Crippen LogP contribution in [0.25, 0.3) is 0 Å². The van der Waals surface area contributed by atoms with E-state index in [2.05, 4.69) is 16.0 Å². The summed E-state index contributed by atoms with van der Waals surface area (Å²) in [5, 5.41) is 7.70. The Morgan fingerprint density at radius 2 is 1.64 bits per heavy atom. The topological polar surface area (TPSA) is 241 Å². The number of phosphoric ester groups is 1. The molecule has 1 aromatic carbocycles. The van der Waals surface area contributed by atoms with Crippen molar-refractivity contribution >= 4 is 49.2 Å². The first-order valence-electron chi connectivity index (χ1n) is 20.6. The molecule has 61 heavy (non-hydrogen) atoms. The van der Waals surface area contributed by atoms with Crippen LogP contribution in [0.3, 0.4) is 0 Å². The van der Waals surface area contributed by atoms with E-state index in [0.29, 0.717) is 25.3 Å². The van der Waals surface area contributed by atoms with Crippen molar-refractivity contribution in [1.29, 1.82) is 0 Å². The number of phosphoric acid groups is 1. The van der Waals surface area contributed by atoms with E-state index in [1.165, 1.54) is 29.7 Å². The van der Waals surface area contributed by atoms with Crippen molar-refractivity contribution in [3.05, 3.63) is 47.5 Å². The number of amides is 6. The third-order valence-electron chi connectivity index (χ3n) is 11.3. The summed E-state index contributed by atoms with van der Waals surface area (Å²) in [5.74, 6) is -7.93. The minimum Gasteiger partial charge on any atom is -0.458 e. The van der Waals surface area contributed by atoms with Crippen LogP contribution in [0, 0.1) is 17.6 Å². The molecular weight excluding hydrogens is 825 g/mol. The molecule has 0 aromatic heterocycles. The number of carbonyl (C=O) groups is 7. The normalized spacial score (nSPS) is 28.5. The van der Waals surface area contributed by atoms with Gasteiger partial charge in [-0.05, 0) is 75.6 Å². The van der Waals surface area contributed by atoms with E-state index >= 15 is 0 Å². The summed E-state index contributed by atoms with van der Waals surface area (Å²) in [5.41, 5.74) is -0.0335. The number of cyclic esters (lactones) is 1. The number of piperidine rings is 1. The van der Waals surface area contributed by atoms with Crippen LogP contribution >= 0.6 is 7.82 Å². The monoisotopic (exact) mass is 880 g/mol. The molecule has 18 nitrogen and oxygen atoms in total. The van der Waals surface area contributed by atoms with Crippen molar-refractivity contribution in [3.8, 4) is 0 Å². The lowest BCUT2D eigenvalue weighted by molar-refractivity contribution is -0.163. The van der Waals surface area contributed by atoms with Crippen LogP contribution in [0.15, 0.2) is 30.4 Å². The maximum Gasteiger partial charge on any atom is 0.469 e. The first kappa shape index (κ1) is 47.3. The minimum atomic E-state index is -5.19. The number of fused-ring (bicyclic) bond motifs is 3. The van der Waals surface area contributed by atoms with Crippen LogP contribution in [0.2, 0.25) is 0 Å². The van der Waals surface area contributed by atoms with E-state index in [4.69, 9.17) is 9.26 Å². The number of hydrogen-bond donors (Lipinski definition) is 5. The van der Waals surface area contributed by atoms with Gasteiger partial charge in [0.25, 0.3) is 0 Å². The van der Waals surface area contributed by atoms with Crippen molar-refractivity contribution in [2.24, 2.45) is 5.92 Å². The number of allylic oxidation sites excluding steroid dienone is 1. The summed E-state index contributed by atoms with van der Waals surface area (Å²) < 4.78 is 51.4. The maximum absolute atomic E-state index is 14.9. The Balaban J connectivity index is 1.57. The van der Waals surface area contributed by atoms with Gasteiger partial charge in [-0.15, -0.1) is 0 Å². The Morgan fingerprint density at radius 3 is 2.31 bits per heavy atom. The van der Waals surface area contributed by atoms with Gasteiger partial charge in [0.2, 0.25) is 35.4 Å². The number of esters is 1. The lowest BCUT2D eigenvalue weighted by Gasteiger charge is -2.39. The van der Waals surface area contributed by atoms with Gasteiger partial charge in [0, 0.05) is 38.5 Å². The van der Waals surface area contributed by atoms with Gasteiger partial charge in [-0.1, -0.05) is 32.8 Å².